The van der Waals surface area contributed by atoms with E-state index in [9.17, 15) is 0 Å². The van der Waals surface area contributed by atoms with Crippen LogP contribution in [0.4, 0.5) is 0 Å². The Kier molecular flexibility index (Phi) is 6.19. The van der Waals surface area contributed by atoms with Gasteiger partial charge in [-0.15, -0.1) is 0 Å². The van der Waals surface area contributed by atoms with Crippen molar-refractivity contribution in [2.24, 2.45) is 0 Å². The standard InChI is InChI=1S/C46H31N3O/c1-46(2)38-19-7-6-15-33(38)35-17-10-18-36(42(35)46)45-48-43(30-11-4-3-5-12-30)47-44(49-45)31-23-21-28(22-24-31)32-25-26-39-37(27-32)34-16-8-13-29-14-9-20-40(50-39)41(29)34/h3-27H,1-2H3. The largest absolute Gasteiger partial charge is 0.456 e. The average Bonchev–Trinajstić information content (AvgIpc) is 3.41. The van der Waals surface area contributed by atoms with Crippen molar-refractivity contribution in [3.63, 3.8) is 0 Å². The average molecular weight is 642 g/mol. The van der Waals surface area contributed by atoms with Crippen LogP contribution in [0.5, 0.6) is 11.5 Å². The van der Waals surface area contributed by atoms with Crippen molar-refractivity contribution in [3.8, 4) is 79.0 Å². The van der Waals surface area contributed by atoms with Gasteiger partial charge in [0.25, 0.3) is 0 Å². The summed E-state index contributed by atoms with van der Waals surface area (Å²) in [6.07, 6.45) is 0. The molecule has 0 bridgehead atoms. The van der Waals surface area contributed by atoms with E-state index in [1.54, 1.807) is 0 Å². The minimum absolute atomic E-state index is 0.197. The second kappa shape index (κ2) is 10.8. The van der Waals surface area contributed by atoms with Gasteiger partial charge in [-0.2, -0.15) is 0 Å². The number of benzene rings is 7. The number of hydrogen-bond acceptors (Lipinski definition) is 4. The molecule has 0 saturated heterocycles. The quantitative estimate of drug-likeness (QED) is 0.192. The zero-order valence-electron chi connectivity index (χ0n) is 27.7. The van der Waals surface area contributed by atoms with Gasteiger partial charge in [-0.3, -0.25) is 0 Å². The molecule has 1 aliphatic heterocycles. The second-order valence-electron chi connectivity index (χ2n) is 13.6. The van der Waals surface area contributed by atoms with Crippen molar-refractivity contribution in [1.29, 1.82) is 0 Å². The molecule has 0 spiro atoms. The normalized spacial score (nSPS) is 13.3. The highest BCUT2D eigenvalue weighted by Crippen LogP contribution is 2.52. The lowest BCUT2D eigenvalue weighted by atomic mass is 9.80. The molecule has 4 heteroatoms. The minimum Gasteiger partial charge on any atom is -0.456 e. The number of nitrogens with zero attached hydrogens (tertiary/aromatic N) is 3. The summed E-state index contributed by atoms with van der Waals surface area (Å²) >= 11 is 0. The van der Waals surface area contributed by atoms with Crippen LogP contribution in [0.1, 0.15) is 25.0 Å². The molecular formula is C46H31N3O. The molecular weight excluding hydrogens is 611 g/mol. The van der Waals surface area contributed by atoms with Gasteiger partial charge in [-0.1, -0.05) is 147 Å². The van der Waals surface area contributed by atoms with Crippen LogP contribution in [0.25, 0.3) is 78.3 Å². The number of ether oxygens (including phenoxy) is 1. The molecule has 0 unspecified atom stereocenters. The van der Waals surface area contributed by atoms with E-state index in [2.05, 4.69) is 135 Å². The van der Waals surface area contributed by atoms with Crippen molar-refractivity contribution < 1.29 is 4.74 Å². The molecule has 236 valence electrons. The van der Waals surface area contributed by atoms with Crippen LogP contribution in [0.2, 0.25) is 0 Å². The van der Waals surface area contributed by atoms with Gasteiger partial charge in [-0.05, 0) is 62.5 Å². The van der Waals surface area contributed by atoms with E-state index < -0.39 is 0 Å². The van der Waals surface area contributed by atoms with E-state index in [1.165, 1.54) is 33.2 Å². The van der Waals surface area contributed by atoms with Crippen LogP contribution >= 0.6 is 0 Å². The Morgan fingerprint density at radius 1 is 0.420 bits per heavy atom. The molecule has 1 aromatic heterocycles. The SMILES string of the molecule is CC1(C)c2ccccc2-c2cccc(-c3nc(-c4ccccc4)nc(-c4ccc(-c5ccc6c(c5)-c5cccc7cccc(c57)O6)cc4)n3)c21. The Hall–Kier alpha value is -6.39. The predicted molar refractivity (Wildman–Crippen MR) is 202 cm³/mol. The van der Waals surface area contributed by atoms with Crippen LogP contribution in [-0.2, 0) is 5.41 Å². The lowest BCUT2D eigenvalue weighted by Gasteiger charge is -2.24. The number of rotatable bonds is 4. The summed E-state index contributed by atoms with van der Waals surface area (Å²) in [5.41, 5.74) is 12.4. The molecule has 0 N–H and O–H groups in total. The maximum Gasteiger partial charge on any atom is 0.164 e. The lowest BCUT2D eigenvalue weighted by molar-refractivity contribution is 0.487. The second-order valence-corrected chi connectivity index (χ2v) is 13.6. The van der Waals surface area contributed by atoms with Crippen molar-refractivity contribution in [1.82, 2.24) is 15.0 Å². The summed E-state index contributed by atoms with van der Waals surface area (Å²) in [6, 6.07) is 53.0. The molecule has 0 atom stereocenters. The van der Waals surface area contributed by atoms with Gasteiger partial charge in [0.15, 0.2) is 17.5 Å². The highest BCUT2D eigenvalue weighted by Gasteiger charge is 2.38. The number of fused-ring (bicyclic) bond motifs is 5. The Morgan fingerprint density at radius 3 is 1.84 bits per heavy atom. The van der Waals surface area contributed by atoms with Gasteiger partial charge in [0.1, 0.15) is 11.5 Å². The number of hydrogen-bond donors (Lipinski definition) is 0. The molecule has 0 fully saturated rings. The first-order valence-corrected chi connectivity index (χ1v) is 17.0. The zero-order chi connectivity index (χ0) is 33.4. The molecule has 10 rings (SSSR count). The molecule has 4 nitrogen and oxygen atoms in total. The van der Waals surface area contributed by atoms with E-state index in [0.717, 1.165) is 50.3 Å². The summed E-state index contributed by atoms with van der Waals surface area (Å²) < 4.78 is 6.35. The number of aromatic nitrogens is 3. The van der Waals surface area contributed by atoms with Crippen molar-refractivity contribution in [2.75, 3.05) is 0 Å². The van der Waals surface area contributed by atoms with E-state index in [0.29, 0.717) is 17.5 Å². The monoisotopic (exact) mass is 641 g/mol. The van der Waals surface area contributed by atoms with Gasteiger partial charge < -0.3 is 4.74 Å². The fraction of sp³-hybridized carbons (Fsp3) is 0.0652. The zero-order valence-corrected chi connectivity index (χ0v) is 27.7. The van der Waals surface area contributed by atoms with Crippen LogP contribution < -0.4 is 4.74 Å². The smallest absolute Gasteiger partial charge is 0.164 e. The molecule has 0 radical (unpaired) electrons. The Bertz CT molecular complexity index is 2640. The van der Waals surface area contributed by atoms with E-state index in [-0.39, 0.29) is 5.41 Å². The topological polar surface area (TPSA) is 47.9 Å². The van der Waals surface area contributed by atoms with E-state index >= 15 is 0 Å². The first-order chi connectivity index (χ1) is 24.5. The summed E-state index contributed by atoms with van der Waals surface area (Å²) in [5, 5.41) is 2.34. The van der Waals surface area contributed by atoms with Gasteiger partial charge in [-0.25, -0.2) is 15.0 Å². The molecule has 7 aromatic carbocycles. The lowest BCUT2D eigenvalue weighted by Crippen LogP contribution is -2.17. The first kappa shape index (κ1) is 28.6. The summed E-state index contributed by atoms with van der Waals surface area (Å²) in [7, 11) is 0. The third-order valence-corrected chi connectivity index (χ3v) is 10.3. The van der Waals surface area contributed by atoms with Gasteiger partial charge in [0.2, 0.25) is 0 Å². The van der Waals surface area contributed by atoms with Crippen LogP contribution in [-0.4, -0.2) is 15.0 Å². The minimum atomic E-state index is -0.197. The fourth-order valence-corrected chi connectivity index (χ4v) is 7.93. The highest BCUT2D eigenvalue weighted by atomic mass is 16.5. The van der Waals surface area contributed by atoms with Gasteiger partial charge in [0, 0.05) is 33.1 Å². The van der Waals surface area contributed by atoms with Gasteiger partial charge >= 0.3 is 0 Å². The molecule has 1 aliphatic carbocycles. The molecule has 2 aliphatic rings. The molecule has 0 amide bonds. The molecule has 0 saturated carbocycles. The maximum absolute atomic E-state index is 6.35. The molecule has 2 heterocycles. The maximum atomic E-state index is 6.35. The van der Waals surface area contributed by atoms with Crippen molar-refractivity contribution >= 4 is 10.8 Å². The molecule has 50 heavy (non-hydrogen) atoms. The third-order valence-electron chi connectivity index (χ3n) is 10.3. The van der Waals surface area contributed by atoms with E-state index in [1.807, 2.05) is 30.3 Å². The summed E-state index contributed by atoms with van der Waals surface area (Å²) in [5.74, 6) is 3.77. The Balaban J connectivity index is 1.07. The highest BCUT2D eigenvalue weighted by molar-refractivity contribution is 6.04. The fourth-order valence-electron chi connectivity index (χ4n) is 7.93. The van der Waals surface area contributed by atoms with Crippen LogP contribution in [0.3, 0.4) is 0 Å². The van der Waals surface area contributed by atoms with Crippen LogP contribution in [0.15, 0.2) is 152 Å². The van der Waals surface area contributed by atoms with Crippen molar-refractivity contribution in [2.45, 2.75) is 19.3 Å². The molecule has 8 aromatic rings. The van der Waals surface area contributed by atoms with E-state index in [4.69, 9.17) is 19.7 Å². The van der Waals surface area contributed by atoms with Crippen LogP contribution in [0, 0.1) is 0 Å². The first-order valence-electron chi connectivity index (χ1n) is 17.0. The van der Waals surface area contributed by atoms with Gasteiger partial charge in [0.05, 0.1) is 0 Å². The third kappa shape index (κ3) is 4.35. The Morgan fingerprint density at radius 2 is 1.02 bits per heavy atom. The summed E-state index contributed by atoms with van der Waals surface area (Å²) in [6.45, 7) is 4.60. The van der Waals surface area contributed by atoms with Crippen molar-refractivity contribution in [3.05, 3.63) is 163 Å². The summed E-state index contributed by atoms with van der Waals surface area (Å²) in [4.78, 5) is 15.3. The predicted octanol–water partition coefficient (Wildman–Crippen LogP) is 11.8. The Labute approximate surface area is 290 Å².